The summed E-state index contributed by atoms with van der Waals surface area (Å²) in [4.78, 5) is 13.2. The third kappa shape index (κ3) is 7.21. The number of aromatic nitrogens is 3. The number of alkyl halides is 3. The second kappa shape index (κ2) is 11.8. The number of imidazole rings is 1. The first-order chi connectivity index (χ1) is 14.9. The molecular formula is C22H26F3IN6. The smallest absolute Gasteiger partial charge is 0.357 e. The number of pyridine rings is 1. The summed E-state index contributed by atoms with van der Waals surface area (Å²) in [5, 5.41) is 6.38. The zero-order valence-electron chi connectivity index (χ0n) is 17.9. The van der Waals surface area contributed by atoms with Crippen LogP contribution in [0.2, 0.25) is 0 Å². The van der Waals surface area contributed by atoms with Gasteiger partial charge < -0.3 is 10.6 Å². The van der Waals surface area contributed by atoms with Crippen LogP contribution in [-0.4, -0.2) is 33.6 Å². The molecule has 1 aromatic carbocycles. The highest BCUT2D eigenvalue weighted by atomic mass is 127. The van der Waals surface area contributed by atoms with Crippen LogP contribution in [0.1, 0.15) is 29.4 Å². The summed E-state index contributed by atoms with van der Waals surface area (Å²) in [5.74, 6) is 2.30. The van der Waals surface area contributed by atoms with Crippen LogP contribution in [0.3, 0.4) is 0 Å². The van der Waals surface area contributed by atoms with Crippen LogP contribution in [0.25, 0.3) is 5.82 Å². The molecule has 0 fully saturated rings. The largest absolute Gasteiger partial charge is 0.416 e. The van der Waals surface area contributed by atoms with Gasteiger partial charge in [-0.3, -0.25) is 4.57 Å². The van der Waals surface area contributed by atoms with Crippen molar-refractivity contribution in [3.8, 4) is 5.82 Å². The van der Waals surface area contributed by atoms with Crippen molar-refractivity contribution in [1.29, 1.82) is 0 Å². The van der Waals surface area contributed by atoms with E-state index in [1.807, 2.05) is 36.7 Å². The van der Waals surface area contributed by atoms with Crippen molar-refractivity contribution >= 4 is 29.9 Å². The third-order valence-electron chi connectivity index (χ3n) is 4.63. The van der Waals surface area contributed by atoms with Crippen molar-refractivity contribution in [1.82, 2.24) is 25.2 Å². The second-order valence-electron chi connectivity index (χ2n) is 6.94. The van der Waals surface area contributed by atoms with E-state index in [1.165, 1.54) is 12.1 Å². The number of rotatable bonds is 7. The number of aliphatic imine (C=N–C) groups is 1. The lowest BCUT2D eigenvalue weighted by Gasteiger charge is -2.12. The highest BCUT2D eigenvalue weighted by Gasteiger charge is 2.29. The number of hydrogen-bond acceptors (Lipinski definition) is 3. The molecule has 0 saturated heterocycles. The fourth-order valence-electron chi connectivity index (χ4n) is 2.97. The molecule has 10 heteroatoms. The minimum atomic E-state index is -4.31. The van der Waals surface area contributed by atoms with Crippen molar-refractivity contribution in [2.45, 2.75) is 33.0 Å². The predicted octanol–water partition coefficient (Wildman–Crippen LogP) is 4.51. The molecule has 0 unspecified atom stereocenters. The van der Waals surface area contributed by atoms with Crippen molar-refractivity contribution in [2.75, 3.05) is 13.1 Å². The maximum atomic E-state index is 12.7. The van der Waals surface area contributed by atoms with E-state index in [9.17, 15) is 13.2 Å². The van der Waals surface area contributed by atoms with Crippen LogP contribution in [0.15, 0.2) is 60.0 Å². The molecule has 0 amide bonds. The summed E-state index contributed by atoms with van der Waals surface area (Å²) in [6, 6.07) is 9.11. The van der Waals surface area contributed by atoms with Gasteiger partial charge >= 0.3 is 6.18 Å². The Bertz CT molecular complexity index is 998. The van der Waals surface area contributed by atoms with Gasteiger partial charge in [-0.05, 0) is 49.6 Å². The van der Waals surface area contributed by atoms with Gasteiger partial charge in [-0.2, -0.15) is 13.2 Å². The Kier molecular flexibility index (Phi) is 9.48. The first-order valence-electron chi connectivity index (χ1n) is 10.0. The van der Waals surface area contributed by atoms with Crippen molar-refractivity contribution in [3.63, 3.8) is 0 Å². The van der Waals surface area contributed by atoms with E-state index in [0.29, 0.717) is 32.0 Å². The average Bonchev–Trinajstić information content (AvgIpc) is 3.18. The standard InChI is InChI=1S/C22H25F3N6.HI/c1-3-26-21(28-11-10-17-4-7-19(8-5-17)22(23,24)25)30-15-18-6-9-20(29-14-18)31-13-12-27-16(31)2;/h4-9,12-14H,3,10-11,15H2,1-2H3,(H2,26,28,30);1H. The molecule has 0 atom stereocenters. The fraction of sp³-hybridized carbons (Fsp3) is 0.318. The minimum absolute atomic E-state index is 0. The monoisotopic (exact) mass is 558 g/mol. The molecule has 3 aromatic rings. The summed E-state index contributed by atoms with van der Waals surface area (Å²) in [6.07, 6.45) is 1.65. The number of guanidine groups is 1. The van der Waals surface area contributed by atoms with E-state index in [2.05, 4.69) is 25.6 Å². The maximum Gasteiger partial charge on any atom is 0.416 e. The molecule has 2 heterocycles. The fourth-order valence-corrected chi connectivity index (χ4v) is 2.97. The molecule has 0 saturated carbocycles. The van der Waals surface area contributed by atoms with E-state index < -0.39 is 11.7 Å². The van der Waals surface area contributed by atoms with Crippen molar-refractivity contribution in [3.05, 3.63) is 77.5 Å². The number of hydrogen-bond donors (Lipinski definition) is 2. The molecular weight excluding hydrogens is 532 g/mol. The first-order valence-corrected chi connectivity index (χ1v) is 10.0. The van der Waals surface area contributed by atoms with Crippen molar-refractivity contribution in [2.24, 2.45) is 4.99 Å². The van der Waals surface area contributed by atoms with Gasteiger partial charge in [-0.15, -0.1) is 24.0 Å². The maximum absolute atomic E-state index is 12.7. The van der Waals surface area contributed by atoms with Crippen LogP contribution < -0.4 is 10.6 Å². The minimum Gasteiger partial charge on any atom is -0.357 e. The molecule has 0 aliphatic heterocycles. The molecule has 32 heavy (non-hydrogen) atoms. The quantitative estimate of drug-likeness (QED) is 0.255. The Balaban J connectivity index is 0.00000363. The van der Waals surface area contributed by atoms with Crippen LogP contribution in [0.4, 0.5) is 13.2 Å². The average molecular weight is 558 g/mol. The Hall–Kier alpha value is -2.63. The van der Waals surface area contributed by atoms with Gasteiger partial charge in [0.1, 0.15) is 11.6 Å². The van der Waals surface area contributed by atoms with Gasteiger partial charge in [-0.25, -0.2) is 15.0 Å². The van der Waals surface area contributed by atoms with E-state index in [-0.39, 0.29) is 24.0 Å². The summed E-state index contributed by atoms with van der Waals surface area (Å²) in [5.41, 5.74) is 1.15. The molecule has 172 valence electrons. The number of aryl methyl sites for hydroxylation is 1. The molecule has 0 aliphatic rings. The molecule has 6 nitrogen and oxygen atoms in total. The number of nitrogens with one attached hydrogen (secondary N) is 2. The van der Waals surface area contributed by atoms with Gasteiger partial charge in [0.25, 0.3) is 0 Å². The lowest BCUT2D eigenvalue weighted by molar-refractivity contribution is -0.137. The lowest BCUT2D eigenvalue weighted by Crippen LogP contribution is -2.38. The summed E-state index contributed by atoms with van der Waals surface area (Å²) < 4.78 is 39.9. The highest BCUT2D eigenvalue weighted by molar-refractivity contribution is 14.0. The number of halogens is 4. The Morgan fingerprint density at radius 2 is 1.75 bits per heavy atom. The Labute approximate surface area is 202 Å². The highest BCUT2D eigenvalue weighted by Crippen LogP contribution is 2.29. The van der Waals surface area contributed by atoms with E-state index in [1.54, 1.807) is 12.4 Å². The molecule has 2 aromatic heterocycles. The molecule has 3 rings (SSSR count). The molecule has 0 spiro atoms. The zero-order valence-corrected chi connectivity index (χ0v) is 20.2. The SMILES string of the molecule is CCNC(=NCc1ccc(-n2ccnc2C)nc1)NCCc1ccc(C(F)(F)F)cc1.I. The summed E-state index contributed by atoms with van der Waals surface area (Å²) in [7, 11) is 0. The van der Waals surface area contributed by atoms with Gasteiger partial charge in [-0.1, -0.05) is 18.2 Å². The third-order valence-corrected chi connectivity index (χ3v) is 4.63. The first kappa shape index (κ1) is 25.6. The molecule has 0 bridgehead atoms. The van der Waals surface area contributed by atoms with E-state index in [0.717, 1.165) is 34.9 Å². The second-order valence-corrected chi connectivity index (χ2v) is 6.94. The van der Waals surface area contributed by atoms with Gasteiger partial charge in [0, 0.05) is 31.7 Å². The van der Waals surface area contributed by atoms with Crippen LogP contribution >= 0.6 is 24.0 Å². The van der Waals surface area contributed by atoms with Crippen molar-refractivity contribution < 1.29 is 13.2 Å². The Morgan fingerprint density at radius 1 is 1.03 bits per heavy atom. The Morgan fingerprint density at radius 3 is 2.31 bits per heavy atom. The number of benzene rings is 1. The van der Waals surface area contributed by atoms with Gasteiger partial charge in [0.2, 0.25) is 0 Å². The van der Waals surface area contributed by atoms with Crippen LogP contribution in [0.5, 0.6) is 0 Å². The van der Waals surface area contributed by atoms with Crippen LogP contribution in [0, 0.1) is 6.92 Å². The topological polar surface area (TPSA) is 67.1 Å². The van der Waals surface area contributed by atoms with Crippen LogP contribution in [-0.2, 0) is 19.1 Å². The van der Waals surface area contributed by atoms with Gasteiger partial charge in [0.15, 0.2) is 5.96 Å². The summed E-state index contributed by atoms with van der Waals surface area (Å²) in [6.45, 7) is 5.58. The van der Waals surface area contributed by atoms with Gasteiger partial charge in [0.05, 0.1) is 12.1 Å². The summed E-state index contributed by atoms with van der Waals surface area (Å²) >= 11 is 0. The number of nitrogens with zero attached hydrogens (tertiary/aromatic N) is 4. The normalized spacial score (nSPS) is 11.7. The molecule has 0 aliphatic carbocycles. The lowest BCUT2D eigenvalue weighted by atomic mass is 10.1. The molecule has 2 N–H and O–H groups in total. The predicted molar refractivity (Wildman–Crippen MR) is 129 cm³/mol. The molecule has 0 radical (unpaired) electrons. The van der Waals surface area contributed by atoms with E-state index in [4.69, 9.17) is 0 Å². The van der Waals surface area contributed by atoms with E-state index >= 15 is 0 Å². The zero-order chi connectivity index (χ0) is 22.3.